The van der Waals surface area contributed by atoms with Crippen molar-refractivity contribution in [3.63, 3.8) is 0 Å². The highest BCUT2D eigenvalue weighted by molar-refractivity contribution is 5.85. The quantitative estimate of drug-likeness (QED) is 0.725. The van der Waals surface area contributed by atoms with Crippen molar-refractivity contribution in [3.05, 3.63) is 58.1 Å². The van der Waals surface area contributed by atoms with Crippen molar-refractivity contribution < 1.29 is 4.42 Å². The van der Waals surface area contributed by atoms with Gasteiger partial charge in [0.1, 0.15) is 0 Å². The molecule has 1 aromatic heterocycles. The van der Waals surface area contributed by atoms with Crippen LogP contribution in [-0.2, 0) is 6.54 Å². The number of hydrogen-bond acceptors (Lipinski definition) is 4. The Morgan fingerprint density at radius 1 is 1.24 bits per heavy atom. The van der Waals surface area contributed by atoms with E-state index in [4.69, 9.17) is 10.2 Å². The van der Waals surface area contributed by atoms with Crippen molar-refractivity contribution in [1.29, 1.82) is 0 Å². The number of nitrogens with one attached hydrogen (secondary N) is 1. The van der Waals surface area contributed by atoms with Crippen LogP contribution >= 0.6 is 0 Å². The fraction of sp³-hybridized carbons (Fsp3) is 0.188. The molecule has 3 rings (SSSR count). The molecule has 0 aliphatic carbocycles. The summed E-state index contributed by atoms with van der Waals surface area (Å²) in [6.07, 6.45) is 0. The van der Waals surface area contributed by atoms with E-state index in [-0.39, 0.29) is 0 Å². The highest BCUT2D eigenvalue weighted by atomic mass is 16.4. The Hall–Kier alpha value is -2.69. The van der Waals surface area contributed by atoms with Gasteiger partial charge >= 0.3 is 5.76 Å². The minimum absolute atomic E-state index is 0.470. The van der Waals surface area contributed by atoms with Gasteiger partial charge in [-0.25, -0.2) is 4.79 Å². The first-order chi connectivity index (χ1) is 10.0. The zero-order chi connectivity index (χ0) is 15.0. The van der Waals surface area contributed by atoms with Crippen LogP contribution in [-0.4, -0.2) is 12.0 Å². The van der Waals surface area contributed by atoms with E-state index in [9.17, 15) is 4.79 Å². The van der Waals surface area contributed by atoms with Crippen molar-refractivity contribution >= 4 is 22.5 Å². The molecule has 0 aliphatic rings. The van der Waals surface area contributed by atoms with Gasteiger partial charge in [-0.2, -0.15) is 0 Å². The van der Waals surface area contributed by atoms with Crippen LogP contribution < -0.4 is 16.4 Å². The number of fused-ring (bicyclic) bond motifs is 1. The molecule has 5 nitrogen and oxygen atoms in total. The molecule has 0 unspecified atom stereocenters. The van der Waals surface area contributed by atoms with E-state index in [1.54, 1.807) is 6.07 Å². The van der Waals surface area contributed by atoms with Crippen molar-refractivity contribution in [2.75, 3.05) is 17.7 Å². The maximum Gasteiger partial charge on any atom is 0.417 e. The van der Waals surface area contributed by atoms with Gasteiger partial charge < -0.3 is 15.1 Å². The normalized spacial score (nSPS) is 11.0. The van der Waals surface area contributed by atoms with Gasteiger partial charge in [0.2, 0.25) is 0 Å². The second-order valence-corrected chi connectivity index (χ2v) is 5.26. The van der Waals surface area contributed by atoms with Crippen LogP contribution in [0.4, 0.5) is 11.4 Å². The number of rotatable bonds is 3. The second-order valence-electron chi connectivity index (χ2n) is 5.26. The third-order valence-corrected chi connectivity index (χ3v) is 3.52. The van der Waals surface area contributed by atoms with Gasteiger partial charge in [0.25, 0.3) is 0 Å². The number of aryl methyl sites for hydroxylation is 1. The van der Waals surface area contributed by atoms with Crippen LogP contribution in [0.3, 0.4) is 0 Å². The third kappa shape index (κ3) is 2.63. The van der Waals surface area contributed by atoms with Gasteiger partial charge in [0, 0.05) is 19.7 Å². The highest BCUT2D eigenvalue weighted by Crippen LogP contribution is 2.28. The molecule has 0 radical (unpaired) electrons. The lowest BCUT2D eigenvalue weighted by Gasteiger charge is -2.21. The molecule has 3 aromatic rings. The van der Waals surface area contributed by atoms with Gasteiger partial charge in [-0.05, 0) is 18.6 Å². The maximum atomic E-state index is 11.2. The van der Waals surface area contributed by atoms with E-state index < -0.39 is 5.76 Å². The van der Waals surface area contributed by atoms with Crippen molar-refractivity contribution in [2.24, 2.45) is 0 Å². The molecule has 0 atom stereocenters. The van der Waals surface area contributed by atoms with E-state index in [0.717, 1.165) is 12.2 Å². The van der Waals surface area contributed by atoms with Gasteiger partial charge in [0.05, 0.1) is 16.9 Å². The zero-order valence-electron chi connectivity index (χ0n) is 12.0. The lowest BCUT2D eigenvalue weighted by Crippen LogP contribution is -2.17. The number of aromatic nitrogens is 1. The molecular weight excluding hydrogens is 266 g/mol. The molecule has 0 aliphatic heterocycles. The lowest BCUT2D eigenvalue weighted by atomic mass is 10.1. The Kier molecular flexibility index (Phi) is 3.17. The molecule has 0 bridgehead atoms. The topological polar surface area (TPSA) is 75.3 Å². The summed E-state index contributed by atoms with van der Waals surface area (Å²) < 4.78 is 5.01. The number of anilines is 2. The molecule has 2 aromatic carbocycles. The summed E-state index contributed by atoms with van der Waals surface area (Å²) in [6, 6.07) is 11.9. The summed E-state index contributed by atoms with van der Waals surface area (Å²) in [4.78, 5) is 15.9. The summed E-state index contributed by atoms with van der Waals surface area (Å²) >= 11 is 0. The number of hydrogen-bond donors (Lipinski definition) is 2. The molecule has 5 heteroatoms. The first-order valence-electron chi connectivity index (χ1n) is 6.72. The number of oxazole rings is 1. The van der Waals surface area contributed by atoms with Gasteiger partial charge in [0.15, 0.2) is 5.58 Å². The van der Waals surface area contributed by atoms with Crippen LogP contribution in [0, 0.1) is 6.92 Å². The number of nitrogen functional groups attached to an aromatic ring is 1. The predicted molar refractivity (Wildman–Crippen MR) is 84.5 cm³/mol. The molecule has 0 fully saturated rings. The smallest absolute Gasteiger partial charge is 0.408 e. The number of nitrogens with two attached hydrogens (primary N) is 1. The van der Waals surface area contributed by atoms with E-state index in [1.165, 1.54) is 11.1 Å². The minimum atomic E-state index is -0.470. The predicted octanol–water partition coefficient (Wildman–Crippen LogP) is 2.65. The molecule has 0 saturated carbocycles. The molecule has 0 spiro atoms. The standard InChI is InChI=1S/C16H17N3O2/c1-10-3-5-11(6-4-10)9-19(2)14-8-13-15(7-12(14)17)21-16(20)18-13/h3-8H,9,17H2,1-2H3,(H,18,20). The summed E-state index contributed by atoms with van der Waals surface area (Å²) in [5.74, 6) is -0.470. The number of benzene rings is 2. The van der Waals surface area contributed by atoms with Gasteiger partial charge in [-0.1, -0.05) is 29.8 Å². The zero-order valence-corrected chi connectivity index (χ0v) is 12.0. The van der Waals surface area contributed by atoms with E-state index in [2.05, 4.69) is 36.2 Å². The molecule has 3 N–H and O–H groups in total. The van der Waals surface area contributed by atoms with E-state index >= 15 is 0 Å². The van der Waals surface area contributed by atoms with Gasteiger partial charge in [-0.15, -0.1) is 0 Å². The van der Waals surface area contributed by atoms with E-state index in [1.807, 2.05) is 18.0 Å². The Labute approximate surface area is 122 Å². The minimum Gasteiger partial charge on any atom is -0.408 e. The average Bonchev–Trinajstić information content (AvgIpc) is 2.79. The van der Waals surface area contributed by atoms with Crippen LogP contribution in [0.2, 0.25) is 0 Å². The van der Waals surface area contributed by atoms with Crippen molar-refractivity contribution in [1.82, 2.24) is 4.98 Å². The largest absolute Gasteiger partial charge is 0.417 e. The Morgan fingerprint density at radius 2 is 1.95 bits per heavy atom. The molecule has 0 saturated heterocycles. The van der Waals surface area contributed by atoms with Crippen molar-refractivity contribution in [3.8, 4) is 0 Å². The lowest BCUT2D eigenvalue weighted by molar-refractivity contribution is 0.555. The van der Waals surface area contributed by atoms with Gasteiger partial charge in [-0.3, -0.25) is 4.98 Å². The summed E-state index contributed by atoms with van der Waals surface area (Å²) in [5, 5.41) is 0. The molecule has 21 heavy (non-hydrogen) atoms. The average molecular weight is 283 g/mol. The number of H-pyrrole nitrogens is 1. The fourth-order valence-electron chi connectivity index (χ4n) is 2.38. The SMILES string of the molecule is Cc1ccc(CN(C)c2cc3[nH]c(=O)oc3cc2N)cc1. The highest BCUT2D eigenvalue weighted by Gasteiger charge is 2.10. The fourth-order valence-corrected chi connectivity index (χ4v) is 2.38. The Morgan fingerprint density at radius 3 is 2.67 bits per heavy atom. The van der Waals surface area contributed by atoms with Crippen LogP contribution in [0.15, 0.2) is 45.6 Å². The van der Waals surface area contributed by atoms with Crippen molar-refractivity contribution in [2.45, 2.75) is 13.5 Å². The molecule has 1 heterocycles. The number of aromatic amines is 1. The summed E-state index contributed by atoms with van der Waals surface area (Å²) in [6.45, 7) is 2.80. The molecular formula is C16H17N3O2. The Bertz CT molecular complexity index is 831. The second kappa shape index (κ2) is 5.01. The summed E-state index contributed by atoms with van der Waals surface area (Å²) in [5.41, 5.74) is 11.1. The van der Waals surface area contributed by atoms with Crippen LogP contribution in [0.1, 0.15) is 11.1 Å². The van der Waals surface area contributed by atoms with Crippen LogP contribution in [0.5, 0.6) is 0 Å². The monoisotopic (exact) mass is 283 g/mol. The van der Waals surface area contributed by atoms with E-state index in [0.29, 0.717) is 16.8 Å². The summed E-state index contributed by atoms with van der Waals surface area (Å²) in [7, 11) is 1.97. The maximum absolute atomic E-state index is 11.2. The molecule has 0 amide bonds. The Balaban J connectivity index is 1.93. The van der Waals surface area contributed by atoms with Crippen LogP contribution in [0.25, 0.3) is 11.1 Å². The molecule has 108 valence electrons. The first kappa shape index (κ1) is 13.3. The first-order valence-corrected chi connectivity index (χ1v) is 6.72. The number of nitrogens with zero attached hydrogens (tertiary/aromatic N) is 1. The third-order valence-electron chi connectivity index (χ3n) is 3.52.